The van der Waals surface area contributed by atoms with Crippen molar-refractivity contribution in [3.63, 3.8) is 0 Å². The van der Waals surface area contributed by atoms with Crippen molar-refractivity contribution in [2.24, 2.45) is 22.7 Å². The summed E-state index contributed by atoms with van der Waals surface area (Å²) in [6, 6.07) is 11.5. The van der Waals surface area contributed by atoms with Crippen LogP contribution in [0, 0.1) is 22.7 Å². The number of nitrogens with one attached hydrogen (secondary N) is 1. The summed E-state index contributed by atoms with van der Waals surface area (Å²) in [6.07, 6.45) is 17.6. The zero-order chi connectivity index (χ0) is 23.4. The third kappa shape index (κ3) is 3.54. The van der Waals surface area contributed by atoms with E-state index in [0.29, 0.717) is 23.8 Å². The van der Waals surface area contributed by atoms with Crippen molar-refractivity contribution in [3.05, 3.63) is 72.4 Å². The molecule has 34 heavy (non-hydrogen) atoms. The first kappa shape index (κ1) is 22.3. The lowest BCUT2D eigenvalue weighted by molar-refractivity contribution is -0.159. The van der Waals surface area contributed by atoms with E-state index in [9.17, 15) is 4.79 Å². The van der Waals surface area contributed by atoms with Crippen LogP contribution >= 0.6 is 0 Å². The molecule has 0 spiro atoms. The topological polar surface area (TPSA) is 32.3 Å². The second kappa shape index (κ2) is 8.22. The number of nitrogens with zero attached hydrogens (tertiary/aromatic N) is 1. The summed E-state index contributed by atoms with van der Waals surface area (Å²) in [4.78, 5) is 16.8. The van der Waals surface area contributed by atoms with Gasteiger partial charge in [-0.15, -0.1) is 0 Å². The molecule has 3 heterocycles. The third-order valence-corrected chi connectivity index (χ3v) is 10.2. The lowest BCUT2D eigenvalue weighted by atomic mass is 9.37. The van der Waals surface area contributed by atoms with Gasteiger partial charge in [0.05, 0.1) is 5.41 Å². The highest BCUT2D eigenvalue weighted by Gasteiger charge is 2.66. The average Bonchev–Trinajstić information content (AvgIpc) is 2.85. The number of benzene rings is 1. The van der Waals surface area contributed by atoms with Crippen LogP contribution in [0.4, 0.5) is 0 Å². The zero-order valence-electron chi connectivity index (χ0n) is 20.8. The molecule has 0 aromatic heterocycles. The second-order valence-electron chi connectivity index (χ2n) is 12.3. The van der Waals surface area contributed by atoms with Crippen molar-refractivity contribution in [3.8, 4) is 0 Å². The highest BCUT2D eigenvalue weighted by atomic mass is 16.2. The number of hydrogen-bond acceptors (Lipinski definition) is 2. The second-order valence-corrected chi connectivity index (χ2v) is 12.3. The quantitative estimate of drug-likeness (QED) is 0.549. The van der Waals surface area contributed by atoms with Crippen LogP contribution < -0.4 is 5.32 Å². The van der Waals surface area contributed by atoms with Gasteiger partial charge < -0.3 is 10.2 Å². The van der Waals surface area contributed by atoms with E-state index >= 15 is 0 Å². The molecule has 2 unspecified atom stereocenters. The van der Waals surface area contributed by atoms with E-state index in [1.54, 1.807) is 0 Å². The minimum Gasteiger partial charge on any atom is -0.351 e. The first-order chi connectivity index (χ1) is 16.5. The maximum absolute atomic E-state index is 14.3. The van der Waals surface area contributed by atoms with E-state index in [0.717, 1.165) is 32.2 Å². The average molecular weight is 457 g/mol. The van der Waals surface area contributed by atoms with Crippen LogP contribution in [0.3, 0.4) is 0 Å². The van der Waals surface area contributed by atoms with Crippen LogP contribution in [0.1, 0.15) is 63.9 Å². The van der Waals surface area contributed by atoms with Crippen LogP contribution in [0.15, 0.2) is 66.8 Å². The predicted molar refractivity (Wildman–Crippen MR) is 138 cm³/mol. The molecule has 1 N–H and O–H groups in total. The number of carbonyl (C=O) groups is 1. The van der Waals surface area contributed by atoms with Crippen molar-refractivity contribution >= 4 is 5.91 Å². The van der Waals surface area contributed by atoms with E-state index in [1.807, 2.05) is 0 Å². The normalized spacial score (nSPS) is 42.5. The van der Waals surface area contributed by atoms with Gasteiger partial charge in [-0.05, 0) is 105 Å². The van der Waals surface area contributed by atoms with E-state index in [-0.39, 0.29) is 16.2 Å². The molecule has 7 fully saturated rings. The standard InChI is InChI=1S/C31H40N2O/c1-3-4-6-9-23(2)29-16-24-17-30(20-29,26-10-7-5-8-11-26)22-31(18-24,21-29)28(34)32-27-19-33-14-12-25(27)13-15-33/h3-11,24-25,27H,2,12-22H2,1H3,(H,32,34)/b4-3-,9-6-/t24?,27-,29+,30-,31?/m0/s1. The molecule has 4 saturated carbocycles. The Balaban J connectivity index is 1.35. The molecule has 180 valence electrons. The van der Waals surface area contributed by atoms with Crippen molar-refractivity contribution < 1.29 is 4.79 Å². The Kier molecular flexibility index (Phi) is 5.40. The molecule has 6 bridgehead atoms. The fourth-order valence-corrected chi connectivity index (χ4v) is 9.07. The number of allylic oxidation sites excluding steroid dienone is 5. The summed E-state index contributed by atoms with van der Waals surface area (Å²) >= 11 is 0. The van der Waals surface area contributed by atoms with Crippen LogP contribution in [0.25, 0.3) is 0 Å². The lowest BCUT2D eigenvalue weighted by Crippen LogP contribution is -2.65. The smallest absolute Gasteiger partial charge is 0.226 e. The monoisotopic (exact) mass is 456 g/mol. The first-order valence-electron chi connectivity index (χ1n) is 13.5. The van der Waals surface area contributed by atoms with Crippen LogP contribution in [0.2, 0.25) is 0 Å². The molecule has 3 saturated heterocycles. The van der Waals surface area contributed by atoms with Gasteiger partial charge in [-0.3, -0.25) is 4.79 Å². The molecule has 1 aromatic carbocycles. The summed E-state index contributed by atoms with van der Waals surface area (Å²) in [7, 11) is 0. The third-order valence-electron chi connectivity index (χ3n) is 10.2. The Labute approximate surface area is 205 Å². The Morgan fingerprint density at radius 1 is 1.03 bits per heavy atom. The molecule has 1 amide bonds. The van der Waals surface area contributed by atoms with Gasteiger partial charge in [-0.1, -0.05) is 61.2 Å². The largest absolute Gasteiger partial charge is 0.351 e. The number of carbonyl (C=O) groups excluding carboxylic acids is 1. The fourth-order valence-electron chi connectivity index (χ4n) is 9.07. The number of amides is 1. The van der Waals surface area contributed by atoms with Crippen LogP contribution in [-0.2, 0) is 10.2 Å². The molecule has 0 radical (unpaired) electrons. The van der Waals surface area contributed by atoms with E-state index in [4.69, 9.17) is 0 Å². The minimum absolute atomic E-state index is 0.0275. The van der Waals surface area contributed by atoms with Gasteiger partial charge in [0, 0.05) is 12.6 Å². The zero-order valence-corrected chi connectivity index (χ0v) is 20.8. The maximum Gasteiger partial charge on any atom is 0.226 e. The first-order valence-corrected chi connectivity index (χ1v) is 13.5. The number of hydrogen-bond donors (Lipinski definition) is 1. The molecule has 8 rings (SSSR count). The van der Waals surface area contributed by atoms with Crippen LogP contribution in [-0.4, -0.2) is 36.5 Å². The van der Waals surface area contributed by atoms with E-state index in [2.05, 4.69) is 78.4 Å². The number of piperidine rings is 3. The fraction of sp³-hybridized carbons (Fsp3) is 0.581. The van der Waals surface area contributed by atoms with Gasteiger partial charge in [-0.2, -0.15) is 0 Å². The molecular weight excluding hydrogens is 416 g/mol. The number of rotatable bonds is 6. The molecule has 3 aliphatic heterocycles. The highest BCUT2D eigenvalue weighted by molar-refractivity contribution is 5.84. The molecule has 4 aliphatic carbocycles. The maximum atomic E-state index is 14.3. The van der Waals surface area contributed by atoms with Gasteiger partial charge in [0.25, 0.3) is 0 Å². The van der Waals surface area contributed by atoms with Crippen LogP contribution in [0.5, 0.6) is 0 Å². The van der Waals surface area contributed by atoms with Crippen molar-refractivity contribution in [1.82, 2.24) is 10.2 Å². The van der Waals surface area contributed by atoms with E-state index in [1.165, 1.54) is 49.9 Å². The van der Waals surface area contributed by atoms with Gasteiger partial charge in [0.1, 0.15) is 0 Å². The summed E-state index contributed by atoms with van der Waals surface area (Å²) in [5.41, 5.74) is 2.52. The summed E-state index contributed by atoms with van der Waals surface area (Å²) in [6.45, 7) is 10.1. The summed E-state index contributed by atoms with van der Waals surface area (Å²) in [5, 5.41) is 3.64. The van der Waals surface area contributed by atoms with Gasteiger partial charge >= 0.3 is 0 Å². The molecule has 7 aliphatic rings. The molecule has 1 aromatic rings. The Morgan fingerprint density at radius 2 is 1.76 bits per heavy atom. The predicted octanol–water partition coefficient (Wildman–Crippen LogP) is 5.79. The van der Waals surface area contributed by atoms with Gasteiger partial charge in [-0.25, -0.2) is 0 Å². The highest BCUT2D eigenvalue weighted by Crippen LogP contribution is 2.72. The lowest BCUT2D eigenvalue weighted by Gasteiger charge is -2.66. The summed E-state index contributed by atoms with van der Waals surface area (Å²) in [5.74, 6) is 1.62. The summed E-state index contributed by atoms with van der Waals surface area (Å²) < 4.78 is 0. The van der Waals surface area contributed by atoms with Crippen molar-refractivity contribution in [1.29, 1.82) is 0 Å². The van der Waals surface area contributed by atoms with Crippen molar-refractivity contribution in [2.75, 3.05) is 19.6 Å². The van der Waals surface area contributed by atoms with Gasteiger partial charge in [0.15, 0.2) is 0 Å². The molecule has 3 nitrogen and oxygen atoms in total. The van der Waals surface area contributed by atoms with Crippen molar-refractivity contribution in [2.45, 2.75) is 69.7 Å². The van der Waals surface area contributed by atoms with Gasteiger partial charge in [0.2, 0.25) is 5.91 Å². The molecule has 3 heteroatoms. The number of fused-ring (bicyclic) bond motifs is 3. The Morgan fingerprint density at radius 3 is 2.47 bits per heavy atom. The SMILES string of the molecule is C=C(/C=C\C=C/C)[C@@]12CC3CC(C(=O)N[C@H]4CN5CCC4CC5)(C1)C[C@](c1ccccc1)(C3)C2. The Hall–Kier alpha value is -2.13. The minimum atomic E-state index is -0.265. The van der Waals surface area contributed by atoms with E-state index < -0.39 is 0 Å². The molecule has 5 atom stereocenters. The molecular formula is C31H40N2O. The Bertz CT molecular complexity index is 1020.